The number of likely N-dealkylation sites (tertiary alicyclic amines) is 1. The van der Waals surface area contributed by atoms with E-state index in [1.807, 2.05) is 0 Å². The van der Waals surface area contributed by atoms with E-state index in [2.05, 4.69) is 4.98 Å². The Morgan fingerprint density at radius 3 is 2.69 bits per heavy atom. The molecule has 1 amide bonds. The van der Waals surface area contributed by atoms with E-state index < -0.39 is 5.82 Å². The minimum atomic E-state index is -0.649. The van der Waals surface area contributed by atoms with Gasteiger partial charge in [0.1, 0.15) is 0 Å². The first-order chi connectivity index (χ1) is 7.68. The SMILES string of the molecule is O=C(c1cnc(Cl)c(F)c1)N1CCCCC1. The van der Waals surface area contributed by atoms with Crippen LogP contribution in [0.5, 0.6) is 0 Å². The molecule has 1 fully saturated rings. The molecule has 1 aliphatic heterocycles. The van der Waals surface area contributed by atoms with Crippen molar-refractivity contribution in [2.24, 2.45) is 0 Å². The van der Waals surface area contributed by atoms with Crippen LogP contribution in [0.25, 0.3) is 0 Å². The van der Waals surface area contributed by atoms with Crippen molar-refractivity contribution in [3.05, 3.63) is 28.8 Å². The van der Waals surface area contributed by atoms with Gasteiger partial charge in [0.25, 0.3) is 5.91 Å². The van der Waals surface area contributed by atoms with Gasteiger partial charge in [-0.3, -0.25) is 4.79 Å². The zero-order valence-corrected chi connectivity index (χ0v) is 9.50. The van der Waals surface area contributed by atoms with E-state index in [1.54, 1.807) is 4.90 Å². The van der Waals surface area contributed by atoms with Gasteiger partial charge >= 0.3 is 0 Å². The van der Waals surface area contributed by atoms with Crippen LogP contribution in [0.15, 0.2) is 12.3 Å². The Balaban J connectivity index is 2.16. The van der Waals surface area contributed by atoms with Crippen LogP contribution in [0.1, 0.15) is 29.6 Å². The van der Waals surface area contributed by atoms with Crippen LogP contribution in [0.4, 0.5) is 4.39 Å². The number of nitrogens with zero attached hydrogens (tertiary/aromatic N) is 2. The normalized spacial score (nSPS) is 16.2. The van der Waals surface area contributed by atoms with Gasteiger partial charge in [-0.15, -0.1) is 0 Å². The molecule has 2 heterocycles. The van der Waals surface area contributed by atoms with E-state index in [0.717, 1.165) is 38.4 Å². The van der Waals surface area contributed by atoms with Crippen molar-refractivity contribution in [3.63, 3.8) is 0 Å². The highest BCUT2D eigenvalue weighted by atomic mass is 35.5. The van der Waals surface area contributed by atoms with Crippen molar-refractivity contribution in [2.45, 2.75) is 19.3 Å². The maximum Gasteiger partial charge on any atom is 0.255 e. The molecule has 0 aromatic carbocycles. The molecule has 0 aliphatic carbocycles. The minimum absolute atomic E-state index is 0.164. The third-order valence-corrected chi connectivity index (χ3v) is 2.96. The summed E-state index contributed by atoms with van der Waals surface area (Å²) in [5.74, 6) is -0.813. The fraction of sp³-hybridized carbons (Fsp3) is 0.455. The van der Waals surface area contributed by atoms with Gasteiger partial charge in [0.05, 0.1) is 5.56 Å². The molecule has 5 heteroatoms. The highest BCUT2D eigenvalue weighted by Crippen LogP contribution is 2.16. The van der Waals surface area contributed by atoms with Gasteiger partial charge in [-0.05, 0) is 25.3 Å². The predicted octanol–water partition coefficient (Wildman–Crippen LogP) is 2.50. The first-order valence-corrected chi connectivity index (χ1v) is 5.66. The maximum atomic E-state index is 13.1. The summed E-state index contributed by atoms with van der Waals surface area (Å²) >= 11 is 5.46. The van der Waals surface area contributed by atoms with Gasteiger partial charge < -0.3 is 4.90 Å². The smallest absolute Gasteiger partial charge is 0.255 e. The van der Waals surface area contributed by atoms with Crippen molar-refractivity contribution < 1.29 is 9.18 Å². The molecule has 2 rings (SSSR count). The highest BCUT2D eigenvalue weighted by Gasteiger charge is 2.19. The Morgan fingerprint density at radius 2 is 2.06 bits per heavy atom. The van der Waals surface area contributed by atoms with Crippen molar-refractivity contribution >= 4 is 17.5 Å². The van der Waals surface area contributed by atoms with Crippen molar-refractivity contribution in [3.8, 4) is 0 Å². The summed E-state index contributed by atoms with van der Waals surface area (Å²) in [4.78, 5) is 17.3. The van der Waals surface area contributed by atoms with E-state index in [1.165, 1.54) is 6.20 Å². The summed E-state index contributed by atoms with van der Waals surface area (Å²) in [6.07, 6.45) is 4.49. The monoisotopic (exact) mass is 242 g/mol. The van der Waals surface area contributed by atoms with Gasteiger partial charge in [-0.2, -0.15) is 0 Å². The standard InChI is InChI=1S/C11H12ClFN2O/c12-10-9(13)6-8(7-14-10)11(16)15-4-2-1-3-5-15/h6-7H,1-5H2. The van der Waals surface area contributed by atoms with Crippen molar-refractivity contribution in [2.75, 3.05) is 13.1 Å². The van der Waals surface area contributed by atoms with Crippen LogP contribution in [0.3, 0.4) is 0 Å². The third-order valence-electron chi connectivity index (χ3n) is 2.69. The number of pyridine rings is 1. The van der Waals surface area contributed by atoms with Gasteiger partial charge in [0.15, 0.2) is 11.0 Å². The molecule has 3 nitrogen and oxygen atoms in total. The van der Waals surface area contributed by atoms with Crippen LogP contribution in [0, 0.1) is 5.82 Å². The number of rotatable bonds is 1. The quantitative estimate of drug-likeness (QED) is 0.709. The second kappa shape index (κ2) is 4.78. The first kappa shape index (κ1) is 11.3. The summed E-state index contributed by atoms with van der Waals surface area (Å²) in [5, 5.41) is -0.199. The molecule has 0 radical (unpaired) electrons. The minimum Gasteiger partial charge on any atom is -0.339 e. The fourth-order valence-corrected chi connectivity index (χ4v) is 1.92. The molecule has 0 bridgehead atoms. The van der Waals surface area contributed by atoms with E-state index in [-0.39, 0.29) is 16.6 Å². The second-order valence-corrected chi connectivity index (χ2v) is 4.21. The second-order valence-electron chi connectivity index (χ2n) is 3.85. The molecule has 0 saturated carbocycles. The van der Waals surface area contributed by atoms with Gasteiger partial charge in [0, 0.05) is 19.3 Å². The Kier molecular flexibility index (Phi) is 3.39. The van der Waals surface area contributed by atoms with Crippen LogP contribution in [-0.4, -0.2) is 28.9 Å². The Hall–Kier alpha value is -1.16. The molecular weight excluding hydrogens is 231 g/mol. The topological polar surface area (TPSA) is 33.2 Å². The van der Waals surface area contributed by atoms with Crippen LogP contribution < -0.4 is 0 Å². The molecular formula is C11H12ClFN2O. The van der Waals surface area contributed by atoms with Crippen molar-refractivity contribution in [1.29, 1.82) is 0 Å². The zero-order valence-electron chi connectivity index (χ0n) is 8.75. The Labute approximate surface area is 98.2 Å². The molecule has 0 atom stereocenters. The van der Waals surface area contributed by atoms with Gasteiger partial charge in [0.2, 0.25) is 0 Å². The Bertz CT molecular complexity index is 405. The molecule has 16 heavy (non-hydrogen) atoms. The molecule has 0 N–H and O–H groups in total. The number of piperidine rings is 1. The van der Waals surface area contributed by atoms with E-state index in [0.29, 0.717) is 0 Å². The Morgan fingerprint density at radius 1 is 1.38 bits per heavy atom. The lowest BCUT2D eigenvalue weighted by molar-refractivity contribution is 0.0723. The lowest BCUT2D eigenvalue weighted by atomic mass is 10.1. The molecule has 1 saturated heterocycles. The summed E-state index contributed by atoms with van der Waals surface area (Å²) < 4.78 is 13.1. The highest BCUT2D eigenvalue weighted by molar-refractivity contribution is 6.29. The third kappa shape index (κ3) is 2.32. The lowest BCUT2D eigenvalue weighted by Crippen LogP contribution is -2.35. The number of halogens is 2. The molecule has 1 aliphatic rings. The molecule has 86 valence electrons. The number of amides is 1. The molecule has 1 aromatic rings. The molecule has 0 unspecified atom stereocenters. The molecule has 0 spiro atoms. The maximum absolute atomic E-state index is 13.1. The largest absolute Gasteiger partial charge is 0.339 e. The number of aromatic nitrogens is 1. The number of carbonyl (C=O) groups excluding carboxylic acids is 1. The average Bonchev–Trinajstić information content (AvgIpc) is 2.33. The summed E-state index contributed by atoms with van der Waals surface area (Å²) in [7, 11) is 0. The summed E-state index contributed by atoms with van der Waals surface area (Å²) in [6, 6.07) is 1.15. The molecule has 1 aromatic heterocycles. The average molecular weight is 243 g/mol. The first-order valence-electron chi connectivity index (χ1n) is 5.29. The lowest BCUT2D eigenvalue weighted by Gasteiger charge is -2.26. The van der Waals surface area contributed by atoms with E-state index in [9.17, 15) is 9.18 Å². The number of hydrogen-bond donors (Lipinski definition) is 0. The number of hydrogen-bond acceptors (Lipinski definition) is 2. The summed E-state index contributed by atoms with van der Waals surface area (Å²) in [5.41, 5.74) is 0.267. The fourth-order valence-electron chi connectivity index (χ4n) is 1.82. The predicted molar refractivity (Wildman–Crippen MR) is 59.0 cm³/mol. The number of carbonyl (C=O) groups is 1. The van der Waals surface area contributed by atoms with Crippen molar-refractivity contribution in [1.82, 2.24) is 9.88 Å². The van der Waals surface area contributed by atoms with Gasteiger partial charge in [-0.1, -0.05) is 11.6 Å². The van der Waals surface area contributed by atoms with Crippen LogP contribution in [-0.2, 0) is 0 Å². The van der Waals surface area contributed by atoms with Crippen LogP contribution >= 0.6 is 11.6 Å². The van der Waals surface area contributed by atoms with Crippen LogP contribution in [0.2, 0.25) is 5.15 Å². The van der Waals surface area contributed by atoms with E-state index in [4.69, 9.17) is 11.6 Å². The van der Waals surface area contributed by atoms with E-state index >= 15 is 0 Å². The zero-order chi connectivity index (χ0) is 11.5. The van der Waals surface area contributed by atoms with Gasteiger partial charge in [-0.25, -0.2) is 9.37 Å². The summed E-state index contributed by atoms with van der Waals surface area (Å²) in [6.45, 7) is 1.48.